The zero-order valence-corrected chi connectivity index (χ0v) is 21.8. The van der Waals surface area contributed by atoms with E-state index in [1.807, 2.05) is 13.8 Å². The summed E-state index contributed by atoms with van der Waals surface area (Å²) in [6.07, 6.45) is 2.51. The van der Waals surface area contributed by atoms with Crippen molar-refractivity contribution in [1.29, 1.82) is 0 Å². The van der Waals surface area contributed by atoms with E-state index < -0.39 is 40.3 Å². The molecule has 3 saturated carbocycles. The molecule has 0 amide bonds. The summed E-state index contributed by atoms with van der Waals surface area (Å²) in [4.78, 5) is 13.3. The quantitative estimate of drug-likeness (QED) is 0.415. The van der Waals surface area contributed by atoms with Gasteiger partial charge in [-0.15, -0.1) is 0 Å². The van der Waals surface area contributed by atoms with Crippen LogP contribution in [0.2, 0.25) is 0 Å². The number of fused-ring (bicyclic) bond motifs is 5. The molecule has 4 rings (SSSR count). The Kier molecular flexibility index (Phi) is 6.47. The van der Waals surface area contributed by atoms with Crippen LogP contribution in [0, 0.1) is 40.4 Å². The van der Waals surface area contributed by atoms with Gasteiger partial charge in [-0.25, -0.2) is 0 Å². The van der Waals surface area contributed by atoms with E-state index in [9.17, 15) is 30.3 Å². The average Bonchev–Trinajstić information content (AvgIpc) is 3.02. The van der Waals surface area contributed by atoms with Gasteiger partial charge >= 0.3 is 0 Å². The highest BCUT2D eigenvalue weighted by molar-refractivity contribution is 5.95. The van der Waals surface area contributed by atoms with Gasteiger partial charge in [0.05, 0.1) is 29.5 Å². The van der Waals surface area contributed by atoms with E-state index in [2.05, 4.69) is 20.8 Å². The fourth-order valence-electron chi connectivity index (χ4n) is 8.40. The fraction of sp³-hybridized carbons (Fsp3) is 0.893. The van der Waals surface area contributed by atoms with Gasteiger partial charge in [-0.05, 0) is 92.6 Å². The first kappa shape index (κ1) is 26.3. The largest absolute Gasteiger partial charge is 0.390 e. The van der Waals surface area contributed by atoms with Crippen LogP contribution in [0.4, 0.5) is 0 Å². The summed E-state index contributed by atoms with van der Waals surface area (Å²) in [5, 5.41) is 55.8. The van der Waals surface area contributed by atoms with Crippen molar-refractivity contribution in [3.63, 3.8) is 0 Å². The van der Waals surface area contributed by atoms with Crippen LogP contribution in [0.1, 0.15) is 86.5 Å². The maximum Gasteiger partial charge on any atom is 0.159 e. The van der Waals surface area contributed by atoms with Gasteiger partial charge in [0, 0.05) is 11.3 Å². The normalized spacial score (nSPS) is 47.8. The lowest BCUT2D eigenvalue weighted by Crippen LogP contribution is -2.62. The van der Waals surface area contributed by atoms with Crippen molar-refractivity contribution in [3.05, 3.63) is 11.6 Å². The lowest BCUT2D eigenvalue weighted by Gasteiger charge is -2.60. The van der Waals surface area contributed by atoms with Gasteiger partial charge in [0.2, 0.25) is 0 Å². The van der Waals surface area contributed by atoms with Crippen molar-refractivity contribution in [3.8, 4) is 0 Å². The van der Waals surface area contributed by atoms with Crippen molar-refractivity contribution in [1.82, 2.24) is 0 Å². The summed E-state index contributed by atoms with van der Waals surface area (Å²) in [5.74, 6) is -0.126. The molecule has 6 nitrogen and oxygen atoms in total. The Bertz CT molecular complexity index is 850. The summed E-state index contributed by atoms with van der Waals surface area (Å²) >= 11 is 0. The summed E-state index contributed by atoms with van der Waals surface area (Å²) in [7, 11) is 0. The highest BCUT2D eigenvalue weighted by Gasteiger charge is 2.69. The fourth-order valence-corrected chi connectivity index (χ4v) is 8.40. The van der Waals surface area contributed by atoms with Gasteiger partial charge in [-0.1, -0.05) is 34.6 Å². The molecule has 4 aliphatic carbocycles. The van der Waals surface area contributed by atoms with Crippen LogP contribution in [-0.4, -0.2) is 60.8 Å². The molecule has 6 heteroatoms. The van der Waals surface area contributed by atoms with Crippen LogP contribution in [0.3, 0.4) is 0 Å². The smallest absolute Gasteiger partial charge is 0.159 e. The van der Waals surface area contributed by atoms with Crippen molar-refractivity contribution in [2.75, 3.05) is 0 Å². The number of rotatable bonds is 5. The summed E-state index contributed by atoms with van der Waals surface area (Å²) < 4.78 is 0. The standard InChI is InChI=1S/C28H46O6/c1-15(2)16(3)11-24(32)27(6,33)23-8-10-28(34)18-12-20(29)19-13-21(30)22(31)14-25(19,4)17(18)7-9-26(23,28)5/h12,15-17,19,21-24,30-34H,7-11,13-14H2,1-6H3/t16-,17-,19?,21?,22?,23-,24?,25+,26+,27+,28+/m0/s1. The molecule has 0 aromatic rings. The van der Waals surface area contributed by atoms with E-state index >= 15 is 0 Å². The topological polar surface area (TPSA) is 118 Å². The van der Waals surface area contributed by atoms with E-state index in [-0.39, 0.29) is 35.9 Å². The van der Waals surface area contributed by atoms with Gasteiger partial charge in [0.1, 0.15) is 0 Å². The minimum Gasteiger partial charge on any atom is -0.390 e. The number of aliphatic hydroxyl groups excluding tert-OH is 3. The predicted molar refractivity (Wildman–Crippen MR) is 130 cm³/mol. The number of carbonyl (C=O) groups excluding carboxylic acids is 1. The Labute approximate surface area is 204 Å². The first-order chi connectivity index (χ1) is 15.6. The Morgan fingerprint density at radius 3 is 2.35 bits per heavy atom. The monoisotopic (exact) mass is 478 g/mol. The first-order valence-electron chi connectivity index (χ1n) is 13.3. The van der Waals surface area contributed by atoms with Crippen molar-refractivity contribution >= 4 is 5.78 Å². The zero-order chi connectivity index (χ0) is 25.4. The molecule has 0 radical (unpaired) electrons. The third kappa shape index (κ3) is 3.58. The molecule has 4 unspecified atom stereocenters. The van der Waals surface area contributed by atoms with Crippen LogP contribution < -0.4 is 0 Å². The third-order valence-corrected chi connectivity index (χ3v) is 11.2. The average molecular weight is 479 g/mol. The highest BCUT2D eigenvalue weighted by Crippen LogP contribution is 2.68. The van der Waals surface area contributed by atoms with Gasteiger partial charge in [0.15, 0.2) is 5.78 Å². The summed E-state index contributed by atoms with van der Waals surface area (Å²) in [6.45, 7) is 12.1. The molecular formula is C28H46O6. The van der Waals surface area contributed by atoms with Crippen molar-refractivity contribution in [2.45, 2.75) is 116 Å². The van der Waals surface area contributed by atoms with E-state index in [1.54, 1.807) is 13.0 Å². The number of hydrogen-bond acceptors (Lipinski definition) is 6. The predicted octanol–water partition coefficient (Wildman–Crippen LogP) is 2.99. The molecule has 194 valence electrons. The van der Waals surface area contributed by atoms with Crippen LogP contribution in [0.15, 0.2) is 11.6 Å². The van der Waals surface area contributed by atoms with Crippen LogP contribution in [0.25, 0.3) is 0 Å². The molecule has 5 N–H and O–H groups in total. The molecule has 34 heavy (non-hydrogen) atoms. The Morgan fingerprint density at radius 2 is 1.74 bits per heavy atom. The van der Waals surface area contributed by atoms with Crippen LogP contribution >= 0.6 is 0 Å². The molecule has 3 fully saturated rings. The number of ketones is 1. The minimum atomic E-state index is -1.36. The number of carbonyl (C=O) groups is 1. The Balaban J connectivity index is 1.68. The zero-order valence-electron chi connectivity index (χ0n) is 21.8. The van der Waals surface area contributed by atoms with E-state index in [0.717, 1.165) is 12.0 Å². The Morgan fingerprint density at radius 1 is 1.09 bits per heavy atom. The molecule has 0 saturated heterocycles. The van der Waals surface area contributed by atoms with Gasteiger partial charge in [0.25, 0.3) is 0 Å². The molecular weight excluding hydrogens is 432 g/mol. The summed E-state index contributed by atoms with van der Waals surface area (Å²) in [5.41, 5.74) is -3.03. The first-order valence-corrected chi connectivity index (χ1v) is 13.3. The minimum absolute atomic E-state index is 0.0509. The van der Waals surface area contributed by atoms with Crippen molar-refractivity contribution in [2.24, 2.45) is 40.4 Å². The second-order valence-corrected chi connectivity index (χ2v) is 13.3. The maximum absolute atomic E-state index is 13.3. The number of aliphatic hydroxyl groups is 5. The highest BCUT2D eigenvalue weighted by atomic mass is 16.3. The number of hydrogen-bond donors (Lipinski definition) is 5. The SMILES string of the molecule is CC(C)[C@@H](C)CC(O)[C@](C)(O)[C@H]1CC[C@@]2(O)C3=CC(=O)C4CC(O)C(O)C[C@]4(C)[C@H]3CC[C@]12C. The van der Waals surface area contributed by atoms with Crippen LogP contribution in [0.5, 0.6) is 0 Å². The lowest BCUT2D eigenvalue weighted by molar-refractivity contribution is -0.177. The molecule has 0 aromatic carbocycles. The molecule has 0 spiro atoms. The number of allylic oxidation sites excluding steroid dienone is 1. The van der Waals surface area contributed by atoms with Gasteiger partial charge in [-0.2, -0.15) is 0 Å². The van der Waals surface area contributed by atoms with E-state index in [4.69, 9.17) is 0 Å². The van der Waals surface area contributed by atoms with Crippen molar-refractivity contribution < 1.29 is 30.3 Å². The molecule has 0 bridgehead atoms. The molecule has 11 atom stereocenters. The summed E-state index contributed by atoms with van der Waals surface area (Å²) in [6, 6.07) is 0. The van der Waals surface area contributed by atoms with E-state index in [1.165, 1.54) is 0 Å². The molecule has 0 heterocycles. The van der Waals surface area contributed by atoms with Crippen LogP contribution in [-0.2, 0) is 4.79 Å². The lowest BCUT2D eigenvalue weighted by atomic mass is 9.45. The van der Waals surface area contributed by atoms with Gasteiger partial charge < -0.3 is 25.5 Å². The van der Waals surface area contributed by atoms with Gasteiger partial charge in [-0.3, -0.25) is 4.79 Å². The molecule has 0 aliphatic heterocycles. The second-order valence-electron chi connectivity index (χ2n) is 13.3. The maximum atomic E-state index is 13.3. The van der Waals surface area contributed by atoms with E-state index in [0.29, 0.717) is 38.0 Å². The second kappa shape index (κ2) is 8.37. The third-order valence-electron chi connectivity index (χ3n) is 11.2. The molecule has 0 aromatic heterocycles. The molecule has 4 aliphatic rings. The Hall–Kier alpha value is -0.790.